The van der Waals surface area contributed by atoms with Crippen molar-refractivity contribution in [3.05, 3.63) is 65.7 Å². The van der Waals surface area contributed by atoms with Crippen LogP contribution in [0.5, 0.6) is 0 Å². The van der Waals surface area contributed by atoms with Crippen LogP contribution in [0.15, 0.2) is 48.5 Å². The number of sulfonamides is 1. The van der Waals surface area contributed by atoms with Gasteiger partial charge in [-0.3, -0.25) is 13.9 Å². The Morgan fingerprint density at radius 3 is 1.97 bits per heavy atom. The summed E-state index contributed by atoms with van der Waals surface area (Å²) < 4.78 is 52.5. The van der Waals surface area contributed by atoms with Gasteiger partial charge in [-0.1, -0.05) is 32.9 Å². The van der Waals surface area contributed by atoms with E-state index in [0.717, 1.165) is 22.7 Å². The fourth-order valence-electron chi connectivity index (χ4n) is 3.35. The summed E-state index contributed by atoms with van der Waals surface area (Å²) in [7, 11) is -3.90. The van der Waals surface area contributed by atoms with Gasteiger partial charge in [0.25, 0.3) is 0 Å². The van der Waals surface area contributed by atoms with E-state index in [2.05, 4.69) is 5.32 Å². The van der Waals surface area contributed by atoms with Crippen LogP contribution in [0.1, 0.15) is 32.8 Å². The van der Waals surface area contributed by atoms with Gasteiger partial charge in [0.15, 0.2) is 0 Å². The molecule has 186 valence electrons. The standard InChI is InChI=1S/C24H31F2N3O4S/c1-5-22(24(31)27-14-17(2)3)28(15-18-6-8-19(25)9-7-18)23(30)16-29(34(4,32)33)21-12-10-20(26)11-13-21/h6-13,17,22H,5,14-16H2,1-4H3,(H,27,31). The Bertz CT molecular complexity index is 1070. The van der Waals surface area contributed by atoms with Crippen molar-refractivity contribution in [3.63, 3.8) is 0 Å². The third-order valence-corrected chi connectivity index (χ3v) is 6.27. The molecule has 10 heteroatoms. The van der Waals surface area contributed by atoms with E-state index in [-0.39, 0.29) is 30.5 Å². The van der Waals surface area contributed by atoms with E-state index < -0.39 is 40.2 Å². The average Bonchev–Trinajstić information content (AvgIpc) is 2.77. The Labute approximate surface area is 199 Å². The van der Waals surface area contributed by atoms with Crippen molar-refractivity contribution in [1.29, 1.82) is 0 Å². The van der Waals surface area contributed by atoms with Gasteiger partial charge in [0.2, 0.25) is 21.8 Å². The third kappa shape index (κ3) is 7.79. The molecule has 0 aromatic heterocycles. The molecule has 0 fully saturated rings. The number of hydrogen-bond acceptors (Lipinski definition) is 4. The second-order valence-electron chi connectivity index (χ2n) is 8.46. The second-order valence-corrected chi connectivity index (χ2v) is 10.4. The van der Waals surface area contributed by atoms with Crippen molar-refractivity contribution in [2.24, 2.45) is 5.92 Å². The number of benzene rings is 2. The van der Waals surface area contributed by atoms with Gasteiger partial charge < -0.3 is 10.2 Å². The molecule has 1 atom stereocenters. The molecule has 0 aliphatic carbocycles. The Balaban J connectivity index is 2.39. The first kappa shape index (κ1) is 27.2. The van der Waals surface area contributed by atoms with Crippen molar-refractivity contribution in [3.8, 4) is 0 Å². The average molecular weight is 496 g/mol. The topological polar surface area (TPSA) is 86.8 Å². The van der Waals surface area contributed by atoms with E-state index in [0.29, 0.717) is 12.1 Å². The van der Waals surface area contributed by atoms with E-state index in [4.69, 9.17) is 0 Å². The van der Waals surface area contributed by atoms with Gasteiger partial charge >= 0.3 is 0 Å². The number of nitrogens with one attached hydrogen (secondary N) is 1. The zero-order valence-corrected chi connectivity index (χ0v) is 20.6. The summed E-state index contributed by atoms with van der Waals surface area (Å²) in [4.78, 5) is 27.7. The van der Waals surface area contributed by atoms with Crippen LogP contribution in [-0.4, -0.2) is 50.5 Å². The first-order chi connectivity index (χ1) is 15.9. The molecule has 34 heavy (non-hydrogen) atoms. The minimum atomic E-state index is -3.90. The van der Waals surface area contributed by atoms with Crippen LogP contribution in [0.3, 0.4) is 0 Å². The molecule has 0 aliphatic heterocycles. The van der Waals surface area contributed by atoms with Gasteiger partial charge in [0, 0.05) is 13.1 Å². The molecular formula is C24H31F2N3O4S. The quantitative estimate of drug-likeness (QED) is 0.518. The van der Waals surface area contributed by atoms with Crippen molar-refractivity contribution in [2.45, 2.75) is 39.8 Å². The lowest BCUT2D eigenvalue weighted by atomic mass is 10.1. The molecule has 0 saturated carbocycles. The van der Waals surface area contributed by atoms with Crippen LogP contribution in [0.2, 0.25) is 0 Å². The number of carbonyl (C=O) groups excluding carboxylic acids is 2. The number of nitrogens with zero attached hydrogens (tertiary/aromatic N) is 2. The molecule has 2 rings (SSSR count). The first-order valence-electron chi connectivity index (χ1n) is 11.0. The highest BCUT2D eigenvalue weighted by molar-refractivity contribution is 7.92. The van der Waals surface area contributed by atoms with E-state index >= 15 is 0 Å². The summed E-state index contributed by atoms with van der Waals surface area (Å²) in [5.74, 6) is -1.77. The smallest absolute Gasteiger partial charge is 0.244 e. The van der Waals surface area contributed by atoms with Crippen LogP contribution in [-0.2, 0) is 26.2 Å². The highest BCUT2D eigenvalue weighted by Crippen LogP contribution is 2.20. The Morgan fingerprint density at radius 1 is 0.971 bits per heavy atom. The molecule has 2 aromatic rings. The highest BCUT2D eigenvalue weighted by atomic mass is 32.2. The van der Waals surface area contributed by atoms with Gasteiger partial charge in [0.05, 0.1) is 11.9 Å². The van der Waals surface area contributed by atoms with Gasteiger partial charge in [0.1, 0.15) is 24.2 Å². The van der Waals surface area contributed by atoms with Crippen LogP contribution < -0.4 is 9.62 Å². The predicted molar refractivity (Wildman–Crippen MR) is 127 cm³/mol. The van der Waals surface area contributed by atoms with Crippen molar-refractivity contribution < 1.29 is 26.8 Å². The number of anilines is 1. The largest absolute Gasteiger partial charge is 0.354 e. The van der Waals surface area contributed by atoms with Gasteiger partial charge in [-0.2, -0.15) is 0 Å². The van der Waals surface area contributed by atoms with Crippen LogP contribution >= 0.6 is 0 Å². The zero-order chi connectivity index (χ0) is 25.5. The van der Waals surface area contributed by atoms with Crippen molar-refractivity contribution >= 4 is 27.5 Å². The maximum atomic E-state index is 13.4. The second kappa shape index (κ2) is 11.9. The number of carbonyl (C=O) groups is 2. The Morgan fingerprint density at radius 2 is 1.50 bits per heavy atom. The summed E-state index contributed by atoms with van der Waals surface area (Å²) in [6, 6.07) is 9.36. The lowest BCUT2D eigenvalue weighted by molar-refractivity contribution is -0.140. The molecule has 0 radical (unpaired) electrons. The highest BCUT2D eigenvalue weighted by Gasteiger charge is 2.31. The Kier molecular flexibility index (Phi) is 9.55. The lowest BCUT2D eigenvalue weighted by Crippen LogP contribution is -2.52. The molecule has 1 N–H and O–H groups in total. The lowest BCUT2D eigenvalue weighted by Gasteiger charge is -2.33. The summed E-state index contributed by atoms with van der Waals surface area (Å²) >= 11 is 0. The van der Waals surface area contributed by atoms with E-state index in [1.165, 1.54) is 41.3 Å². The predicted octanol–water partition coefficient (Wildman–Crippen LogP) is 3.31. The molecule has 0 saturated heterocycles. The molecular weight excluding hydrogens is 464 g/mol. The van der Waals surface area contributed by atoms with Crippen LogP contribution in [0.4, 0.5) is 14.5 Å². The summed E-state index contributed by atoms with van der Waals surface area (Å²) in [6.07, 6.45) is 1.23. The van der Waals surface area contributed by atoms with Gasteiger partial charge in [-0.05, 0) is 54.3 Å². The maximum Gasteiger partial charge on any atom is 0.244 e. The minimum absolute atomic E-state index is 0.0201. The monoisotopic (exact) mass is 495 g/mol. The first-order valence-corrected chi connectivity index (χ1v) is 12.8. The fourth-order valence-corrected chi connectivity index (χ4v) is 4.20. The summed E-state index contributed by atoms with van der Waals surface area (Å²) in [5.41, 5.74) is 0.703. The van der Waals surface area contributed by atoms with E-state index in [9.17, 15) is 26.8 Å². The van der Waals surface area contributed by atoms with Gasteiger partial charge in [-0.15, -0.1) is 0 Å². The summed E-state index contributed by atoms with van der Waals surface area (Å²) in [5, 5.41) is 2.82. The molecule has 2 aromatic carbocycles. The summed E-state index contributed by atoms with van der Waals surface area (Å²) in [6.45, 7) is 5.44. The third-order valence-electron chi connectivity index (χ3n) is 5.13. The Hall–Kier alpha value is -3.01. The molecule has 0 bridgehead atoms. The molecule has 0 spiro atoms. The molecule has 2 amide bonds. The zero-order valence-electron chi connectivity index (χ0n) is 19.8. The number of amides is 2. The SMILES string of the molecule is CCC(C(=O)NCC(C)C)N(Cc1ccc(F)cc1)C(=O)CN(c1ccc(F)cc1)S(C)(=O)=O. The van der Waals surface area contributed by atoms with E-state index in [1.54, 1.807) is 6.92 Å². The molecule has 0 heterocycles. The number of hydrogen-bond donors (Lipinski definition) is 1. The maximum absolute atomic E-state index is 13.4. The van der Waals surface area contributed by atoms with Crippen LogP contribution in [0.25, 0.3) is 0 Å². The van der Waals surface area contributed by atoms with Crippen molar-refractivity contribution in [2.75, 3.05) is 23.7 Å². The minimum Gasteiger partial charge on any atom is -0.354 e. The molecule has 7 nitrogen and oxygen atoms in total. The fraction of sp³-hybridized carbons (Fsp3) is 0.417. The van der Waals surface area contributed by atoms with Crippen LogP contribution in [0, 0.1) is 17.6 Å². The normalized spacial score (nSPS) is 12.3. The number of halogens is 2. The van der Waals surface area contributed by atoms with E-state index in [1.807, 2.05) is 13.8 Å². The number of rotatable bonds is 11. The molecule has 1 unspecified atom stereocenters. The molecule has 0 aliphatic rings. The van der Waals surface area contributed by atoms with Crippen molar-refractivity contribution in [1.82, 2.24) is 10.2 Å². The van der Waals surface area contributed by atoms with Gasteiger partial charge in [-0.25, -0.2) is 17.2 Å².